The topological polar surface area (TPSA) is 69.3 Å². The van der Waals surface area contributed by atoms with Crippen LogP contribution >= 0.6 is 31.9 Å². The zero-order valence-electron chi connectivity index (χ0n) is 12.4. The Hall–Kier alpha value is -2.04. The lowest BCUT2D eigenvalue weighted by Gasteiger charge is -2.07. The molecule has 0 spiro atoms. The fourth-order valence-electron chi connectivity index (χ4n) is 1.81. The van der Waals surface area contributed by atoms with Crippen molar-refractivity contribution in [2.24, 2.45) is 0 Å². The van der Waals surface area contributed by atoms with Gasteiger partial charge in [0.25, 0.3) is 5.91 Å². The van der Waals surface area contributed by atoms with E-state index in [0.717, 1.165) is 8.95 Å². The normalized spacial score (nSPS) is 11.0. The van der Waals surface area contributed by atoms with Gasteiger partial charge in [0.15, 0.2) is 0 Å². The summed E-state index contributed by atoms with van der Waals surface area (Å²) in [5.41, 5.74) is 0.552. The molecule has 1 amide bonds. The molecule has 0 unspecified atom stereocenters. The molecule has 0 aliphatic rings. The Labute approximate surface area is 150 Å². The zero-order chi connectivity index (χ0) is 17.0. The summed E-state index contributed by atoms with van der Waals surface area (Å²) in [6.45, 7) is 0. The second kappa shape index (κ2) is 7.49. The van der Waals surface area contributed by atoms with Crippen molar-refractivity contribution in [3.63, 3.8) is 0 Å². The van der Waals surface area contributed by atoms with Crippen molar-refractivity contribution in [3.05, 3.63) is 50.6 Å². The number of hydrogen-bond acceptors (Lipinski definition) is 4. The summed E-state index contributed by atoms with van der Waals surface area (Å²) in [6, 6.07) is 10.7. The quantitative estimate of drug-likeness (QED) is 0.566. The first kappa shape index (κ1) is 17.3. The number of amides is 1. The predicted molar refractivity (Wildman–Crippen MR) is 97.1 cm³/mol. The second-order valence-electron chi connectivity index (χ2n) is 4.83. The summed E-state index contributed by atoms with van der Waals surface area (Å²) in [7, 11) is 3.67. The van der Waals surface area contributed by atoms with Gasteiger partial charge in [-0.1, -0.05) is 22.0 Å². The van der Waals surface area contributed by atoms with E-state index in [2.05, 4.69) is 37.2 Å². The van der Waals surface area contributed by atoms with Crippen molar-refractivity contribution in [3.8, 4) is 6.07 Å². The minimum atomic E-state index is -0.496. The van der Waals surface area contributed by atoms with Gasteiger partial charge >= 0.3 is 0 Å². The van der Waals surface area contributed by atoms with Crippen LogP contribution in [0.1, 0.15) is 5.76 Å². The molecule has 2 rings (SSSR count). The number of furan rings is 1. The summed E-state index contributed by atoms with van der Waals surface area (Å²) in [6.07, 6.45) is 1.41. The number of halogens is 2. The first-order valence-corrected chi connectivity index (χ1v) is 8.14. The van der Waals surface area contributed by atoms with Crippen molar-refractivity contribution in [1.29, 1.82) is 5.26 Å². The minimum Gasteiger partial charge on any atom is -0.440 e. The third kappa shape index (κ3) is 4.47. The van der Waals surface area contributed by atoms with Crippen molar-refractivity contribution in [2.75, 3.05) is 24.3 Å². The number of carbonyl (C=O) groups is 1. The smallest absolute Gasteiger partial charge is 0.266 e. The first-order valence-electron chi connectivity index (χ1n) is 6.56. The molecule has 1 aromatic carbocycles. The lowest BCUT2D eigenvalue weighted by Crippen LogP contribution is -2.13. The molecule has 0 bridgehead atoms. The number of benzene rings is 1. The van der Waals surface area contributed by atoms with E-state index in [9.17, 15) is 10.1 Å². The van der Waals surface area contributed by atoms with Crippen molar-refractivity contribution >= 4 is 55.4 Å². The zero-order valence-corrected chi connectivity index (χ0v) is 15.6. The second-order valence-corrected chi connectivity index (χ2v) is 6.60. The fraction of sp³-hybridized carbons (Fsp3) is 0.125. The standard InChI is InChI=1S/C16H13Br2N3O2/c1-21(2)16-14(18)8-13(23-16)6-10(9-19)15(22)20-12-5-3-4-11(17)7-12/h3-8H,1-2H3,(H,20,22). The van der Waals surface area contributed by atoms with Crippen LogP contribution in [0.2, 0.25) is 0 Å². The molecular formula is C16H13Br2N3O2. The van der Waals surface area contributed by atoms with Gasteiger partial charge in [-0.3, -0.25) is 4.79 Å². The van der Waals surface area contributed by atoms with Crippen molar-refractivity contribution in [2.45, 2.75) is 0 Å². The summed E-state index contributed by atoms with van der Waals surface area (Å²) in [5.74, 6) is 0.534. The maximum atomic E-state index is 12.2. The summed E-state index contributed by atoms with van der Waals surface area (Å²) >= 11 is 6.70. The lowest BCUT2D eigenvalue weighted by atomic mass is 10.2. The highest BCUT2D eigenvalue weighted by Crippen LogP contribution is 2.30. The number of carbonyl (C=O) groups excluding carboxylic acids is 1. The highest BCUT2D eigenvalue weighted by molar-refractivity contribution is 9.10. The number of hydrogen-bond donors (Lipinski definition) is 1. The molecule has 1 heterocycles. The average molecular weight is 439 g/mol. The van der Waals surface area contributed by atoms with Crippen molar-refractivity contribution in [1.82, 2.24) is 0 Å². The number of anilines is 2. The molecule has 23 heavy (non-hydrogen) atoms. The molecule has 118 valence electrons. The molecule has 1 aromatic heterocycles. The van der Waals surface area contributed by atoms with Crippen LogP contribution in [0.15, 0.2) is 49.3 Å². The number of nitrogens with one attached hydrogen (secondary N) is 1. The lowest BCUT2D eigenvalue weighted by molar-refractivity contribution is -0.112. The van der Waals surface area contributed by atoms with Crippen LogP contribution in [0.4, 0.5) is 11.6 Å². The fourth-order valence-corrected chi connectivity index (χ4v) is 2.87. The highest BCUT2D eigenvalue weighted by Gasteiger charge is 2.14. The minimum absolute atomic E-state index is 0.0449. The van der Waals surface area contributed by atoms with Gasteiger partial charge in [-0.25, -0.2) is 0 Å². The van der Waals surface area contributed by atoms with E-state index < -0.39 is 5.91 Å². The van der Waals surface area contributed by atoms with Crippen LogP contribution < -0.4 is 10.2 Å². The Kier molecular flexibility index (Phi) is 5.64. The Bertz CT molecular complexity index is 804. The van der Waals surface area contributed by atoms with E-state index in [-0.39, 0.29) is 5.57 Å². The van der Waals surface area contributed by atoms with E-state index in [1.165, 1.54) is 6.08 Å². The van der Waals surface area contributed by atoms with Gasteiger partial charge in [-0.05, 0) is 34.1 Å². The van der Waals surface area contributed by atoms with Gasteiger partial charge in [0, 0.05) is 36.4 Å². The largest absolute Gasteiger partial charge is 0.440 e. The molecule has 2 aromatic rings. The molecule has 0 fully saturated rings. The third-order valence-corrected chi connectivity index (χ3v) is 3.89. The van der Waals surface area contributed by atoms with Crippen LogP contribution in [0.3, 0.4) is 0 Å². The summed E-state index contributed by atoms with van der Waals surface area (Å²) in [4.78, 5) is 14.0. The van der Waals surface area contributed by atoms with Gasteiger partial charge in [0.1, 0.15) is 17.4 Å². The molecule has 0 atom stereocenters. The van der Waals surface area contributed by atoms with E-state index in [0.29, 0.717) is 17.3 Å². The molecule has 0 saturated carbocycles. The first-order chi connectivity index (χ1) is 10.9. The van der Waals surface area contributed by atoms with Gasteiger partial charge in [0.2, 0.25) is 5.88 Å². The van der Waals surface area contributed by atoms with E-state index in [1.54, 1.807) is 29.2 Å². The highest BCUT2D eigenvalue weighted by atomic mass is 79.9. The van der Waals surface area contributed by atoms with E-state index in [1.807, 2.05) is 26.2 Å². The molecule has 0 radical (unpaired) electrons. The number of nitriles is 1. The Morgan fingerprint density at radius 2 is 2.09 bits per heavy atom. The van der Waals surface area contributed by atoms with Gasteiger partial charge < -0.3 is 14.6 Å². The van der Waals surface area contributed by atoms with Crippen LogP contribution in [0, 0.1) is 11.3 Å². The Morgan fingerprint density at radius 1 is 1.35 bits per heavy atom. The maximum Gasteiger partial charge on any atom is 0.266 e. The summed E-state index contributed by atoms with van der Waals surface area (Å²) < 4.78 is 7.18. The molecule has 7 heteroatoms. The summed E-state index contributed by atoms with van der Waals surface area (Å²) in [5, 5.41) is 11.9. The van der Waals surface area contributed by atoms with Crippen LogP contribution in [0.25, 0.3) is 6.08 Å². The van der Waals surface area contributed by atoms with Crippen molar-refractivity contribution < 1.29 is 9.21 Å². The van der Waals surface area contributed by atoms with Gasteiger partial charge in [-0.15, -0.1) is 0 Å². The van der Waals surface area contributed by atoms with Crippen LogP contribution in [0.5, 0.6) is 0 Å². The molecule has 0 aliphatic carbocycles. The molecule has 1 N–H and O–H groups in total. The predicted octanol–water partition coefficient (Wildman–Crippen LogP) is 4.42. The maximum absolute atomic E-state index is 12.2. The molecule has 5 nitrogen and oxygen atoms in total. The molecule has 0 saturated heterocycles. The molecular weight excluding hydrogens is 426 g/mol. The third-order valence-electron chi connectivity index (χ3n) is 2.83. The average Bonchev–Trinajstić information content (AvgIpc) is 2.85. The monoisotopic (exact) mass is 437 g/mol. The SMILES string of the molecule is CN(C)c1oc(C=C(C#N)C(=O)Nc2cccc(Br)c2)cc1Br. The van der Waals surface area contributed by atoms with Gasteiger partial charge in [0.05, 0.1) is 4.47 Å². The van der Waals surface area contributed by atoms with E-state index >= 15 is 0 Å². The number of rotatable bonds is 4. The molecule has 0 aliphatic heterocycles. The van der Waals surface area contributed by atoms with E-state index in [4.69, 9.17) is 4.42 Å². The van der Waals surface area contributed by atoms with Crippen LogP contribution in [-0.2, 0) is 4.79 Å². The van der Waals surface area contributed by atoms with Gasteiger partial charge in [-0.2, -0.15) is 5.26 Å². The Morgan fingerprint density at radius 3 is 2.65 bits per heavy atom. The number of nitrogens with zero attached hydrogens (tertiary/aromatic N) is 2. The van der Waals surface area contributed by atoms with Crippen LogP contribution in [-0.4, -0.2) is 20.0 Å². The Balaban J connectivity index is 2.23.